The van der Waals surface area contributed by atoms with Crippen LogP contribution in [-0.2, 0) is 9.53 Å². The molecular formula is C15H29N3O2. The van der Waals surface area contributed by atoms with E-state index in [0.29, 0.717) is 6.04 Å². The predicted molar refractivity (Wildman–Crippen MR) is 79.7 cm³/mol. The van der Waals surface area contributed by atoms with Gasteiger partial charge in [-0.25, -0.2) is 0 Å². The molecule has 1 aliphatic heterocycles. The number of nitrogens with one attached hydrogen (secondary N) is 1. The fraction of sp³-hybridized carbons (Fsp3) is 0.933. The molecule has 5 heteroatoms. The van der Waals surface area contributed by atoms with E-state index in [-0.39, 0.29) is 5.97 Å². The lowest BCUT2D eigenvalue weighted by molar-refractivity contribution is -0.148. The zero-order valence-corrected chi connectivity index (χ0v) is 13.2. The molecular weight excluding hydrogens is 254 g/mol. The first-order valence-corrected chi connectivity index (χ1v) is 7.81. The van der Waals surface area contributed by atoms with Gasteiger partial charge in [-0.3, -0.25) is 4.79 Å². The average molecular weight is 283 g/mol. The number of likely N-dealkylation sites (N-methyl/N-ethyl adjacent to an activating group) is 2. The smallest absolute Gasteiger partial charge is 0.326 e. The van der Waals surface area contributed by atoms with Crippen LogP contribution in [0.5, 0.6) is 0 Å². The van der Waals surface area contributed by atoms with Gasteiger partial charge < -0.3 is 19.9 Å². The van der Waals surface area contributed by atoms with Gasteiger partial charge in [-0.2, -0.15) is 0 Å². The summed E-state index contributed by atoms with van der Waals surface area (Å²) in [6.45, 7) is 4.74. The minimum atomic E-state index is -0.471. The van der Waals surface area contributed by atoms with Crippen LogP contribution in [-0.4, -0.2) is 74.7 Å². The summed E-state index contributed by atoms with van der Waals surface area (Å²) in [5.41, 5.74) is -0.471. The number of hydrogen-bond donors (Lipinski definition) is 1. The van der Waals surface area contributed by atoms with Crippen LogP contribution in [0.2, 0.25) is 0 Å². The second-order valence-electron chi connectivity index (χ2n) is 6.25. The molecule has 2 rings (SSSR count). The van der Waals surface area contributed by atoms with Gasteiger partial charge >= 0.3 is 5.97 Å². The Morgan fingerprint density at radius 3 is 2.75 bits per heavy atom. The van der Waals surface area contributed by atoms with Gasteiger partial charge in [0.1, 0.15) is 5.54 Å². The fourth-order valence-corrected chi connectivity index (χ4v) is 3.59. The van der Waals surface area contributed by atoms with E-state index in [2.05, 4.69) is 22.2 Å². The van der Waals surface area contributed by atoms with Crippen molar-refractivity contribution in [3.8, 4) is 0 Å². The molecule has 0 spiro atoms. The minimum Gasteiger partial charge on any atom is -0.468 e. The molecule has 0 amide bonds. The van der Waals surface area contributed by atoms with E-state index in [4.69, 9.17) is 4.74 Å². The molecule has 0 bridgehead atoms. The van der Waals surface area contributed by atoms with Crippen molar-refractivity contribution in [3.05, 3.63) is 0 Å². The molecule has 2 unspecified atom stereocenters. The third-order valence-corrected chi connectivity index (χ3v) is 5.13. The van der Waals surface area contributed by atoms with Crippen molar-refractivity contribution in [2.24, 2.45) is 0 Å². The normalized spacial score (nSPS) is 31.1. The molecule has 2 aliphatic rings. The van der Waals surface area contributed by atoms with Crippen molar-refractivity contribution in [2.45, 2.75) is 43.7 Å². The largest absolute Gasteiger partial charge is 0.468 e. The highest BCUT2D eigenvalue weighted by atomic mass is 16.5. The van der Waals surface area contributed by atoms with E-state index in [1.807, 2.05) is 7.05 Å². The predicted octanol–water partition coefficient (Wildman–Crippen LogP) is 0.698. The third-order valence-electron chi connectivity index (χ3n) is 5.13. The third kappa shape index (κ3) is 3.32. The van der Waals surface area contributed by atoms with E-state index in [0.717, 1.165) is 32.4 Å². The SMILES string of the molecule is CNC1(C(=O)OC)CCC(N(C)CCN2CCCC2)C1. The standard InChI is InChI=1S/C15H29N3O2/c1-16-15(14(19)20-3)7-6-13(12-15)17(2)10-11-18-8-4-5-9-18/h13,16H,4-12H2,1-3H3. The maximum Gasteiger partial charge on any atom is 0.326 e. The molecule has 1 saturated carbocycles. The van der Waals surface area contributed by atoms with Crippen LogP contribution < -0.4 is 5.32 Å². The zero-order valence-electron chi connectivity index (χ0n) is 13.2. The number of carbonyl (C=O) groups is 1. The lowest BCUT2D eigenvalue weighted by Gasteiger charge is -2.29. The maximum atomic E-state index is 12.0. The van der Waals surface area contributed by atoms with Crippen LogP contribution in [0, 0.1) is 0 Å². The highest BCUT2D eigenvalue weighted by Crippen LogP contribution is 2.33. The first-order chi connectivity index (χ1) is 9.61. The summed E-state index contributed by atoms with van der Waals surface area (Å²) in [4.78, 5) is 16.9. The Labute approximate surface area is 122 Å². The quantitative estimate of drug-likeness (QED) is 0.727. The second-order valence-corrected chi connectivity index (χ2v) is 6.25. The summed E-state index contributed by atoms with van der Waals surface area (Å²) in [6, 6.07) is 0.476. The molecule has 20 heavy (non-hydrogen) atoms. The molecule has 0 aromatic carbocycles. The molecule has 0 radical (unpaired) electrons. The molecule has 1 heterocycles. The number of hydrogen-bond acceptors (Lipinski definition) is 5. The number of likely N-dealkylation sites (tertiary alicyclic amines) is 1. The molecule has 0 aromatic rings. The zero-order chi connectivity index (χ0) is 14.6. The molecule has 116 valence electrons. The number of esters is 1. The van der Waals surface area contributed by atoms with Gasteiger partial charge in [0.2, 0.25) is 0 Å². The summed E-state index contributed by atoms with van der Waals surface area (Å²) in [5.74, 6) is -0.115. The molecule has 0 aromatic heterocycles. The van der Waals surface area contributed by atoms with Crippen molar-refractivity contribution in [1.82, 2.24) is 15.1 Å². The lowest BCUT2D eigenvalue weighted by Crippen LogP contribution is -2.50. The molecule has 2 atom stereocenters. The fourth-order valence-electron chi connectivity index (χ4n) is 3.59. The summed E-state index contributed by atoms with van der Waals surface area (Å²) in [6.07, 6.45) is 5.48. The average Bonchev–Trinajstić information content (AvgIpc) is 3.13. The van der Waals surface area contributed by atoms with Gasteiger partial charge in [-0.1, -0.05) is 0 Å². The van der Waals surface area contributed by atoms with Crippen LogP contribution in [0.4, 0.5) is 0 Å². The van der Waals surface area contributed by atoms with Crippen LogP contribution in [0.3, 0.4) is 0 Å². The maximum absolute atomic E-state index is 12.0. The van der Waals surface area contributed by atoms with E-state index in [1.165, 1.54) is 33.0 Å². The van der Waals surface area contributed by atoms with Crippen LogP contribution in [0.1, 0.15) is 32.1 Å². The van der Waals surface area contributed by atoms with Gasteiger partial charge in [0.15, 0.2) is 0 Å². The summed E-state index contributed by atoms with van der Waals surface area (Å²) in [7, 11) is 5.53. The summed E-state index contributed by atoms with van der Waals surface area (Å²) >= 11 is 0. The minimum absolute atomic E-state index is 0.115. The summed E-state index contributed by atoms with van der Waals surface area (Å²) < 4.78 is 4.97. The number of nitrogens with zero attached hydrogens (tertiary/aromatic N) is 2. The van der Waals surface area contributed by atoms with E-state index in [1.54, 1.807) is 0 Å². The number of rotatable bonds is 6. The Hall–Kier alpha value is -0.650. The monoisotopic (exact) mass is 283 g/mol. The Kier molecular flexibility index (Phi) is 5.41. The van der Waals surface area contributed by atoms with Crippen molar-refractivity contribution in [3.63, 3.8) is 0 Å². The Bertz CT molecular complexity index is 331. The lowest BCUT2D eigenvalue weighted by atomic mass is 9.97. The van der Waals surface area contributed by atoms with Crippen molar-refractivity contribution >= 4 is 5.97 Å². The van der Waals surface area contributed by atoms with E-state index >= 15 is 0 Å². The molecule has 2 fully saturated rings. The van der Waals surface area contributed by atoms with Crippen LogP contribution >= 0.6 is 0 Å². The Morgan fingerprint density at radius 1 is 1.45 bits per heavy atom. The van der Waals surface area contributed by atoms with Gasteiger partial charge in [-0.15, -0.1) is 0 Å². The van der Waals surface area contributed by atoms with Gasteiger partial charge in [0.25, 0.3) is 0 Å². The number of methoxy groups -OCH3 is 1. The molecule has 1 aliphatic carbocycles. The Balaban J connectivity index is 1.82. The summed E-state index contributed by atoms with van der Waals surface area (Å²) in [5, 5.41) is 3.20. The molecule has 1 saturated heterocycles. The number of ether oxygens (including phenoxy) is 1. The highest BCUT2D eigenvalue weighted by Gasteiger charge is 2.46. The van der Waals surface area contributed by atoms with Gasteiger partial charge in [0, 0.05) is 19.1 Å². The van der Waals surface area contributed by atoms with Crippen molar-refractivity contribution in [1.29, 1.82) is 0 Å². The van der Waals surface area contributed by atoms with E-state index in [9.17, 15) is 4.79 Å². The second kappa shape index (κ2) is 6.87. The first kappa shape index (κ1) is 15.7. The molecule has 1 N–H and O–H groups in total. The molecule has 5 nitrogen and oxygen atoms in total. The topological polar surface area (TPSA) is 44.8 Å². The van der Waals surface area contributed by atoms with E-state index < -0.39 is 5.54 Å². The van der Waals surface area contributed by atoms with Crippen LogP contribution in [0.15, 0.2) is 0 Å². The Morgan fingerprint density at radius 2 is 2.15 bits per heavy atom. The van der Waals surface area contributed by atoms with Crippen LogP contribution in [0.25, 0.3) is 0 Å². The van der Waals surface area contributed by atoms with Gasteiger partial charge in [0.05, 0.1) is 7.11 Å². The van der Waals surface area contributed by atoms with Crippen molar-refractivity contribution < 1.29 is 9.53 Å². The highest BCUT2D eigenvalue weighted by molar-refractivity contribution is 5.81. The van der Waals surface area contributed by atoms with Crippen molar-refractivity contribution in [2.75, 3.05) is 47.4 Å². The van der Waals surface area contributed by atoms with Gasteiger partial charge in [-0.05, 0) is 59.3 Å². The first-order valence-electron chi connectivity index (χ1n) is 7.81. The number of carbonyl (C=O) groups excluding carboxylic acids is 1.